The highest BCUT2D eigenvalue weighted by molar-refractivity contribution is 9.10. The van der Waals surface area contributed by atoms with Crippen LogP contribution in [0, 0.1) is 0 Å². The molecule has 17 heavy (non-hydrogen) atoms. The van der Waals surface area contributed by atoms with Crippen molar-refractivity contribution in [3.05, 3.63) is 46.6 Å². The van der Waals surface area contributed by atoms with E-state index in [2.05, 4.69) is 27.5 Å². The van der Waals surface area contributed by atoms with Gasteiger partial charge in [0.15, 0.2) is 0 Å². The second-order valence-corrected chi connectivity index (χ2v) is 4.50. The normalized spacial score (nSPS) is 10.5. The number of hydrogen-bond acceptors (Lipinski definition) is 2. The van der Waals surface area contributed by atoms with Gasteiger partial charge in [0.05, 0.1) is 18.2 Å². The number of allylic oxidation sites excluding steroid dienone is 1. The fourth-order valence-electron chi connectivity index (χ4n) is 1.87. The van der Waals surface area contributed by atoms with Crippen molar-refractivity contribution in [3.8, 4) is 0 Å². The molecule has 1 aromatic heterocycles. The van der Waals surface area contributed by atoms with Crippen molar-refractivity contribution in [1.82, 2.24) is 4.98 Å². The lowest BCUT2D eigenvalue weighted by atomic mass is 10.1. The number of nitrogens with one attached hydrogen (secondary N) is 1. The molecule has 0 bridgehead atoms. The number of fused-ring (bicyclic) bond motifs is 1. The van der Waals surface area contributed by atoms with Crippen molar-refractivity contribution < 1.29 is 9.53 Å². The van der Waals surface area contributed by atoms with Crippen LogP contribution in [0.15, 0.2) is 35.5 Å². The molecule has 0 aliphatic heterocycles. The minimum Gasteiger partial charge on any atom is -0.465 e. The average Bonchev–Trinajstić information content (AvgIpc) is 2.74. The zero-order chi connectivity index (χ0) is 12.4. The number of halogens is 1. The van der Waals surface area contributed by atoms with Gasteiger partial charge in [-0.25, -0.2) is 4.79 Å². The van der Waals surface area contributed by atoms with Gasteiger partial charge in [0.1, 0.15) is 0 Å². The number of aromatic nitrogens is 1. The summed E-state index contributed by atoms with van der Waals surface area (Å²) in [5.74, 6) is -0.338. The smallest absolute Gasteiger partial charge is 0.339 e. The molecule has 1 heterocycles. The molecule has 88 valence electrons. The number of carbonyl (C=O) groups excluding carboxylic acids is 1. The van der Waals surface area contributed by atoms with Crippen molar-refractivity contribution >= 4 is 32.8 Å². The zero-order valence-electron chi connectivity index (χ0n) is 9.42. The van der Waals surface area contributed by atoms with Crippen LogP contribution in [0.25, 0.3) is 10.9 Å². The number of H-pyrrole nitrogens is 1. The molecule has 1 N–H and O–H groups in total. The van der Waals surface area contributed by atoms with Crippen molar-refractivity contribution in [2.24, 2.45) is 0 Å². The summed E-state index contributed by atoms with van der Waals surface area (Å²) < 4.78 is 5.72. The summed E-state index contributed by atoms with van der Waals surface area (Å²) >= 11 is 3.50. The van der Waals surface area contributed by atoms with Gasteiger partial charge in [0, 0.05) is 16.1 Å². The lowest BCUT2D eigenvalue weighted by Crippen LogP contribution is -2.02. The maximum Gasteiger partial charge on any atom is 0.339 e. The Labute approximate surface area is 108 Å². The minimum absolute atomic E-state index is 0.338. The van der Waals surface area contributed by atoms with Gasteiger partial charge >= 0.3 is 5.97 Å². The van der Waals surface area contributed by atoms with Crippen molar-refractivity contribution in [2.45, 2.75) is 6.42 Å². The first-order valence-corrected chi connectivity index (χ1v) is 5.96. The van der Waals surface area contributed by atoms with Crippen LogP contribution >= 0.6 is 15.9 Å². The topological polar surface area (TPSA) is 42.1 Å². The lowest BCUT2D eigenvalue weighted by Gasteiger charge is -2.03. The molecular formula is C13H12BrNO2. The Morgan fingerprint density at radius 2 is 2.35 bits per heavy atom. The number of aromatic amines is 1. The first kappa shape index (κ1) is 11.9. The summed E-state index contributed by atoms with van der Waals surface area (Å²) in [4.78, 5) is 14.7. The molecule has 4 heteroatoms. The van der Waals surface area contributed by atoms with Crippen LogP contribution in [0.1, 0.15) is 15.9 Å². The number of hydrogen-bond donors (Lipinski definition) is 1. The predicted octanol–water partition coefficient (Wildman–Crippen LogP) is 3.45. The summed E-state index contributed by atoms with van der Waals surface area (Å²) in [6.07, 6.45) is 4.48. The van der Waals surface area contributed by atoms with Crippen LogP contribution in [-0.4, -0.2) is 18.1 Å². The fraction of sp³-hybridized carbons (Fsp3) is 0.154. The molecule has 0 amide bonds. The molecule has 0 spiro atoms. The Kier molecular flexibility index (Phi) is 3.33. The van der Waals surface area contributed by atoms with Crippen molar-refractivity contribution in [1.29, 1.82) is 0 Å². The van der Waals surface area contributed by atoms with E-state index < -0.39 is 0 Å². The van der Waals surface area contributed by atoms with Gasteiger partial charge in [0.2, 0.25) is 0 Å². The molecule has 0 aliphatic carbocycles. The van der Waals surface area contributed by atoms with Crippen LogP contribution < -0.4 is 0 Å². The molecule has 0 saturated carbocycles. The maximum atomic E-state index is 11.6. The first-order valence-electron chi connectivity index (χ1n) is 5.16. The SMILES string of the molecule is C=CCc1c[nH]c2c(C(=O)OC)ccc(Br)c12. The van der Waals surface area contributed by atoms with Crippen LogP contribution in [0.4, 0.5) is 0 Å². The molecule has 2 aromatic rings. The third-order valence-electron chi connectivity index (χ3n) is 2.64. The molecule has 1 aromatic carbocycles. The van der Waals surface area contributed by atoms with E-state index in [-0.39, 0.29) is 5.97 Å². The van der Waals surface area contributed by atoms with Gasteiger partial charge in [0.25, 0.3) is 0 Å². The van der Waals surface area contributed by atoms with Gasteiger partial charge < -0.3 is 9.72 Å². The lowest BCUT2D eigenvalue weighted by molar-refractivity contribution is 0.0603. The molecule has 0 fully saturated rings. The largest absolute Gasteiger partial charge is 0.465 e. The summed E-state index contributed by atoms with van der Waals surface area (Å²) in [6, 6.07) is 3.60. The third-order valence-corrected chi connectivity index (χ3v) is 3.30. The van der Waals surface area contributed by atoms with E-state index in [0.717, 1.165) is 27.4 Å². The first-order chi connectivity index (χ1) is 8.19. The van der Waals surface area contributed by atoms with Crippen LogP contribution in [0.2, 0.25) is 0 Å². The number of rotatable bonds is 3. The fourth-order valence-corrected chi connectivity index (χ4v) is 2.45. The average molecular weight is 294 g/mol. The van der Waals surface area contributed by atoms with E-state index in [1.54, 1.807) is 6.07 Å². The number of benzene rings is 1. The number of methoxy groups -OCH3 is 1. The molecule has 0 radical (unpaired) electrons. The highest BCUT2D eigenvalue weighted by Gasteiger charge is 2.15. The Morgan fingerprint density at radius 1 is 1.59 bits per heavy atom. The van der Waals surface area contributed by atoms with E-state index >= 15 is 0 Å². The molecule has 3 nitrogen and oxygen atoms in total. The van der Waals surface area contributed by atoms with Gasteiger partial charge in [-0.15, -0.1) is 6.58 Å². The quantitative estimate of drug-likeness (QED) is 0.696. The summed E-state index contributed by atoms with van der Waals surface area (Å²) in [5.41, 5.74) is 2.44. The van der Waals surface area contributed by atoms with E-state index in [1.165, 1.54) is 7.11 Å². The highest BCUT2D eigenvalue weighted by Crippen LogP contribution is 2.30. The number of esters is 1. The molecule has 0 aliphatic rings. The van der Waals surface area contributed by atoms with E-state index in [9.17, 15) is 4.79 Å². The van der Waals surface area contributed by atoms with Gasteiger partial charge in [-0.2, -0.15) is 0 Å². The molecular weight excluding hydrogens is 282 g/mol. The predicted molar refractivity (Wildman–Crippen MR) is 71.2 cm³/mol. The summed E-state index contributed by atoms with van der Waals surface area (Å²) in [7, 11) is 1.38. The van der Waals surface area contributed by atoms with Crippen LogP contribution in [-0.2, 0) is 11.2 Å². The molecule has 0 unspecified atom stereocenters. The molecule has 0 atom stereocenters. The molecule has 2 rings (SSSR count). The van der Waals surface area contributed by atoms with Crippen LogP contribution in [0.5, 0.6) is 0 Å². The number of ether oxygens (including phenoxy) is 1. The van der Waals surface area contributed by atoms with Gasteiger partial charge in [-0.1, -0.05) is 22.0 Å². The van der Waals surface area contributed by atoms with Gasteiger partial charge in [-0.05, 0) is 24.1 Å². The Bertz CT molecular complexity index is 586. The third kappa shape index (κ3) is 2.00. The Morgan fingerprint density at radius 3 is 3.00 bits per heavy atom. The maximum absolute atomic E-state index is 11.6. The standard InChI is InChI=1S/C13H12BrNO2/c1-3-4-8-7-15-12-9(13(16)17-2)5-6-10(14)11(8)12/h3,5-7,15H,1,4H2,2H3. The number of carbonyl (C=O) groups is 1. The minimum atomic E-state index is -0.338. The van der Waals surface area contributed by atoms with Crippen LogP contribution in [0.3, 0.4) is 0 Å². The summed E-state index contributed by atoms with van der Waals surface area (Å²) in [6.45, 7) is 3.72. The Balaban J connectivity index is 2.70. The zero-order valence-corrected chi connectivity index (χ0v) is 11.0. The van der Waals surface area contributed by atoms with Crippen molar-refractivity contribution in [2.75, 3.05) is 7.11 Å². The monoisotopic (exact) mass is 293 g/mol. The second kappa shape index (κ2) is 4.75. The summed E-state index contributed by atoms with van der Waals surface area (Å²) in [5, 5.41) is 1.01. The highest BCUT2D eigenvalue weighted by atomic mass is 79.9. The van der Waals surface area contributed by atoms with E-state index in [1.807, 2.05) is 18.3 Å². The van der Waals surface area contributed by atoms with E-state index in [0.29, 0.717) is 5.56 Å². The Hall–Kier alpha value is -1.55. The molecule has 0 saturated heterocycles. The van der Waals surface area contributed by atoms with Crippen molar-refractivity contribution in [3.63, 3.8) is 0 Å². The van der Waals surface area contributed by atoms with Gasteiger partial charge in [-0.3, -0.25) is 0 Å². The second-order valence-electron chi connectivity index (χ2n) is 3.64. The van der Waals surface area contributed by atoms with E-state index in [4.69, 9.17) is 4.74 Å².